The summed E-state index contributed by atoms with van der Waals surface area (Å²) in [6.07, 6.45) is 6.40. The Hall–Kier alpha value is 0.0800. The molecule has 3 nitrogen and oxygen atoms in total. The average molecular weight is 214 g/mol. The van der Waals surface area contributed by atoms with Crippen molar-refractivity contribution < 1.29 is 19.1 Å². The van der Waals surface area contributed by atoms with E-state index in [2.05, 4.69) is 6.92 Å². The van der Waals surface area contributed by atoms with Crippen molar-refractivity contribution in [2.45, 2.75) is 45.4 Å². The Bertz CT molecular complexity index is 146. The molecule has 0 aliphatic carbocycles. The Labute approximate surface area is 79.1 Å². The van der Waals surface area contributed by atoms with Crippen molar-refractivity contribution in [3.8, 4) is 0 Å². The molecule has 0 heterocycles. The Morgan fingerprint density at radius 1 is 1.00 bits per heavy atom. The SMILES string of the molecule is CCCCCCCCP(=O)(O)O.F. The van der Waals surface area contributed by atoms with Crippen LogP contribution >= 0.6 is 7.60 Å². The van der Waals surface area contributed by atoms with Crippen LogP contribution in [0.4, 0.5) is 4.70 Å². The highest BCUT2D eigenvalue weighted by atomic mass is 31.2. The second-order valence-corrected chi connectivity index (χ2v) is 4.93. The number of hydrogen-bond acceptors (Lipinski definition) is 1. The van der Waals surface area contributed by atoms with E-state index in [1.54, 1.807) is 0 Å². The van der Waals surface area contributed by atoms with Crippen molar-refractivity contribution in [2.75, 3.05) is 6.16 Å². The van der Waals surface area contributed by atoms with E-state index in [0.29, 0.717) is 6.42 Å². The van der Waals surface area contributed by atoms with Crippen LogP contribution in [0.25, 0.3) is 0 Å². The van der Waals surface area contributed by atoms with E-state index in [-0.39, 0.29) is 10.9 Å². The Balaban J connectivity index is 0. The zero-order valence-electron chi connectivity index (χ0n) is 8.11. The summed E-state index contributed by atoms with van der Waals surface area (Å²) in [7, 11) is -3.72. The molecule has 0 saturated heterocycles. The molecule has 0 spiro atoms. The van der Waals surface area contributed by atoms with Crippen LogP contribution in [0.3, 0.4) is 0 Å². The molecule has 5 heteroatoms. The van der Waals surface area contributed by atoms with Crippen LogP contribution in [0.5, 0.6) is 0 Å². The number of hydrogen-bond donors (Lipinski definition) is 2. The summed E-state index contributed by atoms with van der Waals surface area (Å²) < 4.78 is 10.4. The zero-order chi connectivity index (χ0) is 9.45. The van der Waals surface area contributed by atoms with Gasteiger partial charge in [0.25, 0.3) is 0 Å². The summed E-state index contributed by atoms with van der Waals surface area (Å²) in [6.45, 7) is 2.15. The van der Waals surface area contributed by atoms with E-state index in [4.69, 9.17) is 9.79 Å². The lowest BCUT2D eigenvalue weighted by Gasteiger charge is -2.02. The van der Waals surface area contributed by atoms with Gasteiger partial charge in [0, 0.05) is 6.16 Å². The summed E-state index contributed by atoms with van der Waals surface area (Å²) in [6, 6.07) is 0. The highest BCUT2D eigenvalue weighted by Crippen LogP contribution is 2.35. The maximum atomic E-state index is 10.4. The fourth-order valence-corrected chi connectivity index (χ4v) is 1.73. The van der Waals surface area contributed by atoms with Crippen molar-refractivity contribution in [3.63, 3.8) is 0 Å². The Kier molecular flexibility index (Phi) is 10.4. The summed E-state index contributed by atoms with van der Waals surface area (Å²) in [5.74, 6) is 0. The number of rotatable bonds is 7. The molecule has 0 radical (unpaired) electrons. The van der Waals surface area contributed by atoms with Gasteiger partial charge in [-0.1, -0.05) is 39.0 Å². The molecule has 2 N–H and O–H groups in total. The maximum absolute atomic E-state index is 10.4. The van der Waals surface area contributed by atoms with Crippen molar-refractivity contribution in [1.82, 2.24) is 0 Å². The molecule has 0 aliphatic rings. The average Bonchev–Trinajstić information content (AvgIpc) is 1.94. The van der Waals surface area contributed by atoms with Gasteiger partial charge in [0.05, 0.1) is 0 Å². The molecule has 82 valence electrons. The highest BCUT2D eigenvalue weighted by Gasteiger charge is 2.10. The molecule has 0 amide bonds. The van der Waals surface area contributed by atoms with Crippen LogP contribution < -0.4 is 0 Å². The van der Waals surface area contributed by atoms with E-state index in [0.717, 1.165) is 12.8 Å². The van der Waals surface area contributed by atoms with Gasteiger partial charge in [-0.2, -0.15) is 0 Å². The molecular formula is C8H20FO3P. The molecule has 0 unspecified atom stereocenters. The first-order valence-electron chi connectivity index (χ1n) is 4.61. The molecule has 0 aliphatic heterocycles. The topological polar surface area (TPSA) is 57.5 Å². The molecule has 0 aromatic carbocycles. The minimum atomic E-state index is -3.72. The normalized spacial score (nSPS) is 11.0. The first-order chi connectivity index (χ1) is 5.56. The van der Waals surface area contributed by atoms with Crippen LogP contribution in [0, 0.1) is 0 Å². The maximum Gasteiger partial charge on any atom is 0.325 e. The molecule has 0 aromatic heterocycles. The molecule has 0 fully saturated rings. The summed E-state index contributed by atoms with van der Waals surface area (Å²) in [5, 5.41) is 0. The van der Waals surface area contributed by atoms with Crippen LogP contribution in [-0.2, 0) is 4.57 Å². The van der Waals surface area contributed by atoms with Crippen molar-refractivity contribution in [3.05, 3.63) is 0 Å². The lowest BCUT2D eigenvalue weighted by Crippen LogP contribution is -1.88. The number of unbranched alkanes of at least 4 members (excludes halogenated alkanes) is 5. The first kappa shape index (κ1) is 15.5. The molecule has 0 atom stereocenters. The third-order valence-electron chi connectivity index (χ3n) is 1.80. The highest BCUT2D eigenvalue weighted by molar-refractivity contribution is 7.51. The fraction of sp³-hybridized carbons (Fsp3) is 1.00. The number of halogens is 1. The van der Waals surface area contributed by atoms with Crippen LogP contribution in [0.2, 0.25) is 0 Å². The predicted octanol–water partition coefficient (Wildman–Crippen LogP) is 2.68. The second kappa shape index (κ2) is 8.67. The van der Waals surface area contributed by atoms with E-state index < -0.39 is 7.60 Å². The molecule has 0 saturated carbocycles. The van der Waals surface area contributed by atoms with Gasteiger partial charge >= 0.3 is 7.60 Å². The van der Waals surface area contributed by atoms with Crippen LogP contribution in [0.15, 0.2) is 0 Å². The standard InChI is InChI=1S/C8H19O3P.FH/c1-2-3-4-5-6-7-8-12(9,10)11;/h2-8H2,1H3,(H2,9,10,11);1H. The lowest BCUT2D eigenvalue weighted by molar-refractivity contribution is 0.370. The summed E-state index contributed by atoms with van der Waals surface area (Å²) in [4.78, 5) is 17.1. The minimum absolute atomic E-state index is 0. The third-order valence-corrected chi connectivity index (χ3v) is 2.70. The van der Waals surface area contributed by atoms with Gasteiger partial charge in [0.2, 0.25) is 0 Å². The monoisotopic (exact) mass is 214 g/mol. The second-order valence-electron chi connectivity index (χ2n) is 3.16. The van der Waals surface area contributed by atoms with Crippen LogP contribution in [0.1, 0.15) is 45.4 Å². The molecule has 0 bridgehead atoms. The lowest BCUT2D eigenvalue weighted by atomic mass is 10.1. The van der Waals surface area contributed by atoms with Gasteiger partial charge in [0.1, 0.15) is 0 Å². The third kappa shape index (κ3) is 14.9. The minimum Gasteiger partial charge on any atom is -0.324 e. The van der Waals surface area contributed by atoms with Crippen molar-refractivity contribution >= 4 is 7.60 Å². The smallest absolute Gasteiger partial charge is 0.324 e. The van der Waals surface area contributed by atoms with Gasteiger partial charge in [-0.05, 0) is 6.42 Å². The van der Waals surface area contributed by atoms with Gasteiger partial charge in [-0.3, -0.25) is 9.27 Å². The first-order valence-corrected chi connectivity index (χ1v) is 6.40. The van der Waals surface area contributed by atoms with E-state index in [1.807, 2.05) is 0 Å². The molecular weight excluding hydrogens is 194 g/mol. The van der Waals surface area contributed by atoms with Gasteiger partial charge in [-0.15, -0.1) is 0 Å². The van der Waals surface area contributed by atoms with Crippen molar-refractivity contribution in [1.29, 1.82) is 0 Å². The molecule has 0 aromatic rings. The largest absolute Gasteiger partial charge is 0.325 e. The predicted molar refractivity (Wildman–Crippen MR) is 52.8 cm³/mol. The zero-order valence-corrected chi connectivity index (χ0v) is 9.00. The van der Waals surface area contributed by atoms with Gasteiger partial charge in [0.15, 0.2) is 0 Å². The quantitative estimate of drug-likeness (QED) is 0.506. The van der Waals surface area contributed by atoms with Crippen molar-refractivity contribution in [2.24, 2.45) is 0 Å². The fourth-order valence-electron chi connectivity index (χ4n) is 1.10. The van der Waals surface area contributed by atoms with E-state index in [1.165, 1.54) is 19.3 Å². The molecule has 0 rings (SSSR count). The summed E-state index contributed by atoms with van der Waals surface area (Å²) >= 11 is 0. The van der Waals surface area contributed by atoms with E-state index >= 15 is 0 Å². The Morgan fingerprint density at radius 3 is 1.92 bits per heavy atom. The summed E-state index contributed by atoms with van der Waals surface area (Å²) in [5.41, 5.74) is 0. The van der Waals surface area contributed by atoms with Crippen LogP contribution in [-0.4, -0.2) is 15.9 Å². The van der Waals surface area contributed by atoms with E-state index in [9.17, 15) is 4.57 Å². The Morgan fingerprint density at radius 2 is 1.46 bits per heavy atom. The van der Waals surface area contributed by atoms with Gasteiger partial charge in [-0.25, -0.2) is 0 Å². The van der Waals surface area contributed by atoms with Gasteiger partial charge < -0.3 is 9.79 Å². The molecule has 13 heavy (non-hydrogen) atoms.